The van der Waals surface area contributed by atoms with Gasteiger partial charge in [0.2, 0.25) is 0 Å². The van der Waals surface area contributed by atoms with Gasteiger partial charge in [0.15, 0.2) is 0 Å². The molecule has 3 heteroatoms. The summed E-state index contributed by atoms with van der Waals surface area (Å²) in [6.45, 7) is 0.818. The maximum absolute atomic E-state index is 10.9. The third-order valence-corrected chi connectivity index (χ3v) is 2.57. The average Bonchev–Trinajstić information content (AvgIpc) is 2.63. The van der Waals surface area contributed by atoms with Crippen LogP contribution in [0.5, 0.6) is 0 Å². The van der Waals surface area contributed by atoms with Crippen molar-refractivity contribution in [3.63, 3.8) is 0 Å². The van der Waals surface area contributed by atoms with Gasteiger partial charge in [0.1, 0.15) is 0 Å². The molecule has 0 aromatic heterocycles. The topological polar surface area (TPSA) is 35.5 Å². The number of ether oxygens (including phenoxy) is 2. The largest absolute Gasteiger partial charge is 0.469 e. The Morgan fingerprint density at radius 1 is 1.57 bits per heavy atom. The summed E-state index contributed by atoms with van der Waals surface area (Å²) in [4.78, 5) is 10.9. The number of esters is 1. The van der Waals surface area contributed by atoms with Gasteiger partial charge in [-0.05, 0) is 25.2 Å². The SMILES string of the molecule is COCC1CC=C(CCC(=O)OC)C1. The third-order valence-electron chi connectivity index (χ3n) is 2.57. The van der Waals surface area contributed by atoms with Gasteiger partial charge in [0, 0.05) is 20.1 Å². The highest BCUT2D eigenvalue weighted by Gasteiger charge is 2.17. The fraction of sp³-hybridized carbons (Fsp3) is 0.727. The second-order valence-electron chi connectivity index (χ2n) is 3.70. The molecule has 0 bridgehead atoms. The Hall–Kier alpha value is -0.830. The Bertz CT molecular complexity index is 221. The molecule has 80 valence electrons. The van der Waals surface area contributed by atoms with Gasteiger partial charge in [-0.15, -0.1) is 0 Å². The van der Waals surface area contributed by atoms with Gasteiger partial charge in [-0.1, -0.05) is 11.6 Å². The summed E-state index contributed by atoms with van der Waals surface area (Å²) >= 11 is 0. The Balaban J connectivity index is 2.18. The lowest BCUT2D eigenvalue weighted by atomic mass is 10.0. The van der Waals surface area contributed by atoms with Crippen molar-refractivity contribution in [2.75, 3.05) is 20.8 Å². The van der Waals surface area contributed by atoms with Crippen molar-refractivity contribution < 1.29 is 14.3 Å². The van der Waals surface area contributed by atoms with E-state index in [0.717, 1.165) is 25.9 Å². The van der Waals surface area contributed by atoms with Gasteiger partial charge in [-0.25, -0.2) is 0 Å². The predicted octanol–water partition coefficient (Wildman–Crippen LogP) is 1.92. The molecule has 0 heterocycles. The summed E-state index contributed by atoms with van der Waals surface area (Å²) in [6.07, 6.45) is 5.73. The molecule has 0 saturated carbocycles. The van der Waals surface area contributed by atoms with Crippen molar-refractivity contribution in [2.24, 2.45) is 5.92 Å². The van der Waals surface area contributed by atoms with Crippen LogP contribution in [-0.2, 0) is 14.3 Å². The van der Waals surface area contributed by atoms with E-state index in [9.17, 15) is 4.79 Å². The quantitative estimate of drug-likeness (QED) is 0.500. The lowest BCUT2D eigenvalue weighted by Crippen LogP contribution is -2.04. The van der Waals surface area contributed by atoms with Crippen molar-refractivity contribution in [3.05, 3.63) is 11.6 Å². The second kappa shape index (κ2) is 5.81. The van der Waals surface area contributed by atoms with Crippen molar-refractivity contribution in [2.45, 2.75) is 25.7 Å². The van der Waals surface area contributed by atoms with E-state index in [-0.39, 0.29) is 5.97 Å². The molecule has 0 saturated heterocycles. The predicted molar refractivity (Wildman–Crippen MR) is 53.9 cm³/mol. The van der Waals surface area contributed by atoms with Gasteiger partial charge in [0.05, 0.1) is 7.11 Å². The smallest absolute Gasteiger partial charge is 0.305 e. The standard InChI is InChI=1S/C11H18O3/c1-13-8-10-4-3-9(7-10)5-6-11(12)14-2/h3,10H,4-8H2,1-2H3. The summed E-state index contributed by atoms with van der Waals surface area (Å²) in [5, 5.41) is 0. The minimum atomic E-state index is -0.124. The van der Waals surface area contributed by atoms with E-state index >= 15 is 0 Å². The highest BCUT2D eigenvalue weighted by Crippen LogP contribution is 2.27. The first-order valence-corrected chi connectivity index (χ1v) is 5.00. The molecule has 0 N–H and O–H groups in total. The van der Waals surface area contributed by atoms with Crippen molar-refractivity contribution in [3.8, 4) is 0 Å². The molecule has 0 aliphatic heterocycles. The van der Waals surface area contributed by atoms with E-state index in [1.165, 1.54) is 12.7 Å². The van der Waals surface area contributed by atoms with Crippen molar-refractivity contribution in [1.29, 1.82) is 0 Å². The third kappa shape index (κ3) is 3.50. The molecule has 0 amide bonds. The zero-order valence-corrected chi connectivity index (χ0v) is 8.91. The number of carbonyl (C=O) groups excluding carboxylic acids is 1. The molecule has 0 radical (unpaired) electrons. The maximum atomic E-state index is 10.9. The summed E-state index contributed by atoms with van der Waals surface area (Å²) < 4.78 is 9.69. The van der Waals surface area contributed by atoms with Crippen LogP contribution in [0.4, 0.5) is 0 Å². The maximum Gasteiger partial charge on any atom is 0.305 e. The van der Waals surface area contributed by atoms with E-state index in [0.29, 0.717) is 12.3 Å². The van der Waals surface area contributed by atoms with Crippen LogP contribution in [0.3, 0.4) is 0 Å². The van der Waals surface area contributed by atoms with Gasteiger partial charge in [-0.2, -0.15) is 0 Å². The van der Waals surface area contributed by atoms with Crippen LogP contribution in [0.2, 0.25) is 0 Å². The van der Waals surface area contributed by atoms with Crippen LogP contribution in [0, 0.1) is 5.92 Å². The van der Waals surface area contributed by atoms with E-state index in [2.05, 4.69) is 10.8 Å². The molecule has 0 spiro atoms. The molecule has 14 heavy (non-hydrogen) atoms. The molecule has 1 unspecified atom stereocenters. The number of methoxy groups -OCH3 is 2. The number of allylic oxidation sites excluding steroid dienone is 2. The first-order valence-electron chi connectivity index (χ1n) is 5.00. The lowest BCUT2D eigenvalue weighted by molar-refractivity contribution is -0.140. The van der Waals surface area contributed by atoms with E-state index < -0.39 is 0 Å². The van der Waals surface area contributed by atoms with Gasteiger partial charge in [0.25, 0.3) is 0 Å². The van der Waals surface area contributed by atoms with E-state index in [1.807, 2.05) is 0 Å². The van der Waals surface area contributed by atoms with E-state index in [4.69, 9.17) is 4.74 Å². The molecular formula is C11H18O3. The van der Waals surface area contributed by atoms with Crippen LogP contribution >= 0.6 is 0 Å². The van der Waals surface area contributed by atoms with Gasteiger partial charge < -0.3 is 9.47 Å². The van der Waals surface area contributed by atoms with Crippen LogP contribution < -0.4 is 0 Å². The van der Waals surface area contributed by atoms with Crippen LogP contribution in [0.1, 0.15) is 25.7 Å². The number of hydrogen-bond donors (Lipinski definition) is 0. The average molecular weight is 198 g/mol. The summed E-state index contributed by atoms with van der Waals surface area (Å²) in [6, 6.07) is 0. The molecule has 1 aliphatic carbocycles. The highest BCUT2D eigenvalue weighted by molar-refractivity contribution is 5.69. The molecule has 1 rings (SSSR count). The first kappa shape index (κ1) is 11.2. The molecule has 3 nitrogen and oxygen atoms in total. The summed E-state index contributed by atoms with van der Waals surface area (Å²) in [5.41, 5.74) is 1.37. The zero-order chi connectivity index (χ0) is 10.4. The monoisotopic (exact) mass is 198 g/mol. The molecule has 1 atom stereocenters. The number of hydrogen-bond acceptors (Lipinski definition) is 3. The van der Waals surface area contributed by atoms with Crippen molar-refractivity contribution in [1.82, 2.24) is 0 Å². The Kier molecular flexibility index (Phi) is 4.66. The van der Waals surface area contributed by atoms with Crippen molar-refractivity contribution >= 4 is 5.97 Å². The van der Waals surface area contributed by atoms with Crippen LogP contribution in [0.25, 0.3) is 0 Å². The normalized spacial score (nSPS) is 20.7. The van der Waals surface area contributed by atoms with Gasteiger partial charge in [-0.3, -0.25) is 4.79 Å². The molecule has 0 aromatic carbocycles. The first-order chi connectivity index (χ1) is 6.76. The Morgan fingerprint density at radius 3 is 3.00 bits per heavy atom. The zero-order valence-electron chi connectivity index (χ0n) is 8.91. The molecule has 0 fully saturated rings. The summed E-state index contributed by atoms with van der Waals surface area (Å²) in [7, 11) is 3.16. The minimum Gasteiger partial charge on any atom is -0.469 e. The number of rotatable bonds is 5. The number of carbonyl (C=O) groups is 1. The summed E-state index contributed by atoms with van der Waals surface area (Å²) in [5.74, 6) is 0.494. The van der Waals surface area contributed by atoms with Crippen LogP contribution in [0.15, 0.2) is 11.6 Å². The fourth-order valence-electron chi connectivity index (χ4n) is 1.80. The molecular weight excluding hydrogens is 180 g/mol. The highest BCUT2D eigenvalue weighted by atomic mass is 16.5. The molecule has 1 aliphatic rings. The van der Waals surface area contributed by atoms with Gasteiger partial charge >= 0.3 is 5.97 Å². The van der Waals surface area contributed by atoms with Crippen LogP contribution in [-0.4, -0.2) is 26.8 Å². The lowest BCUT2D eigenvalue weighted by Gasteiger charge is -2.07. The fourth-order valence-corrected chi connectivity index (χ4v) is 1.80. The minimum absolute atomic E-state index is 0.124. The Labute approximate surface area is 85.1 Å². The molecule has 0 aromatic rings. The van der Waals surface area contributed by atoms with E-state index in [1.54, 1.807) is 7.11 Å². The second-order valence-corrected chi connectivity index (χ2v) is 3.70. The Morgan fingerprint density at radius 2 is 2.36 bits per heavy atom.